The van der Waals surface area contributed by atoms with Crippen LogP contribution in [-0.4, -0.2) is 11.7 Å². The first-order valence-electron chi connectivity index (χ1n) is 9.49. The van der Waals surface area contributed by atoms with Gasteiger partial charge in [-0.1, -0.05) is 18.2 Å². The van der Waals surface area contributed by atoms with E-state index in [9.17, 15) is 31.1 Å². The number of benzene rings is 3. The lowest BCUT2D eigenvalue weighted by atomic mass is 10.2. The van der Waals surface area contributed by atoms with E-state index in [0.29, 0.717) is 5.69 Å². The van der Waals surface area contributed by atoms with Crippen LogP contribution in [0.5, 0.6) is 0 Å². The highest BCUT2D eigenvalue weighted by molar-refractivity contribution is 6.42. The zero-order valence-electron chi connectivity index (χ0n) is 17.0. The number of nitrogens with zero attached hydrogens (tertiary/aromatic N) is 3. The van der Waals surface area contributed by atoms with Crippen LogP contribution in [0.25, 0.3) is 0 Å². The van der Waals surface area contributed by atoms with Crippen LogP contribution in [0, 0.1) is 0 Å². The van der Waals surface area contributed by atoms with Crippen molar-refractivity contribution in [1.29, 1.82) is 0 Å². The minimum Gasteiger partial charge on any atom is -0.319 e. The minimum atomic E-state index is -4.52. The molecule has 0 aromatic heterocycles. The number of carbonyl (C=O) groups excluding carboxylic acids is 1. The molecule has 0 bridgehead atoms. The van der Waals surface area contributed by atoms with Crippen molar-refractivity contribution in [2.45, 2.75) is 12.4 Å². The number of hydrogen-bond acceptors (Lipinski definition) is 4. The van der Waals surface area contributed by atoms with Crippen molar-refractivity contribution in [2.24, 2.45) is 15.3 Å². The van der Waals surface area contributed by atoms with Gasteiger partial charge in [0.2, 0.25) is 0 Å². The van der Waals surface area contributed by atoms with Crippen LogP contribution in [0.2, 0.25) is 0 Å². The number of amidine groups is 1. The summed E-state index contributed by atoms with van der Waals surface area (Å²) in [5.74, 6) is -1.34. The number of alkyl halides is 6. The van der Waals surface area contributed by atoms with Gasteiger partial charge in [0.1, 0.15) is 0 Å². The van der Waals surface area contributed by atoms with Crippen molar-refractivity contribution in [3.05, 3.63) is 90.0 Å². The lowest BCUT2D eigenvalue weighted by Gasteiger charge is -2.08. The number of hydrazone groups is 1. The molecule has 0 fully saturated rings. The number of nitrogens with one attached hydrogen (secondary N) is 2. The van der Waals surface area contributed by atoms with Gasteiger partial charge in [0.05, 0.1) is 22.5 Å². The molecule has 0 saturated heterocycles. The fraction of sp³-hybridized carbons (Fsp3) is 0.0909. The van der Waals surface area contributed by atoms with Gasteiger partial charge in [-0.05, 0) is 60.7 Å². The zero-order valence-corrected chi connectivity index (χ0v) is 17.0. The van der Waals surface area contributed by atoms with Crippen molar-refractivity contribution in [3.8, 4) is 0 Å². The molecule has 0 atom stereocenters. The molecule has 0 aliphatic rings. The van der Waals surface area contributed by atoms with E-state index < -0.39 is 35.2 Å². The van der Waals surface area contributed by atoms with E-state index in [1.807, 2.05) is 0 Å². The first-order chi connectivity index (χ1) is 16.0. The van der Waals surface area contributed by atoms with Crippen LogP contribution in [0.1, 0.15) is 11.1 Å². The summed E-state index contributed by atoms with van der Waals surface area (Å²) in [5.41, 5.74) is 1.21. The molecular formula is C22H15F6N5O. The summed E-state index contributed by atoms with van der Waals surface area (Å²) in [6.07, 6.45) is -9.04. The fourth-order valence-electron chi connectivity index (χ4n) is 2.50. The van der Waals surface area contributed by atoms with Crippen molar-refractivity contribution in [2.75, 3.05) is 10.7 Å². The molecule has 0 aliphatic heterocycles. The number of azo groups is 1. The summed E-state index contributed by atoms with van der Waals surface area (Å²) in [4.78, 5) is 12.6. The molecular weight excluding hydrogens is 464 g/mol. The quantitative estimate of drug-likeness (QED) is 0.141. The van der Waals surface area contributed by atoms with Gasteiger partial charge in [0.15, 0.2) is 0 Å². The number of hydrogen-bond donors (Lipinski definition) is 2. The number of rotatable bonds is 4. The lowest BCUT2D eigenvalue weighted by Crippen LogP contribution is -2.22. The molecule has 0 unspecified atom stereocenters. The van der Waals surface area contributed by atoms with E-state index in [2.05, 4.69) is 26.1 Å². The topological polar surface area (TPSA) is 78.2 Å². The second kappa shape index (κ2) is 10.1. The second-order valence-corrected chi connectivity index (χ2v) is 6.69. The Morgan fingerprint density at radius 3 is 1.74 bits per heavy atom. The Labute approximate surface area is 189 Å². The Balaban J connectivity index is 1.82. The minimum absolute atomic E-state index is 0.0164. The van der Waals surface area contributed by atoms with Crippen molar-refractivity contribution < 1.29 is 31.1 Å². The molecule has 0 saturated carbocycles. The second-order valence-electron chi connectivity index (χ2n) is 6.69. The summed E-state index contributed by atoms with van der Waals surface area (Å²) in [6, 6.07) is 15.8. The Morgan fingerprint density at radius 2 is 1.21 bits per heavy atom. The van der Waals surface area contributed by atoms with E-state index >= 15 is 0 Å². The van der Waals surface area contributed by atoms with Gasteiger partial charge < -0.3 is 5.32 Å². The molecule has 3 aromatic rings. The standard InChI is InChI=1S/C22H15F6N5O/c23-21(24,25)14-6-10-17(11-7-14)30-32-19(20(34)29-16-4-2-1-3-5-16)33-31-18-12-8-15(9-13-18)22(26,27)28/h1-13,30H,(H,29,34)/b32-19+,33-31?. The molecule has 0 spiro atoms. The summed E-state index contributed by atoms with van der Waals surface area (Å²) in [5, 5.41) is 13.7. The highest BCUT2D eigenvalue weighted by Crippen LogP contribution is 2.31. The predicted octanol–water partition coefficient (Wildman–Crippen LogP) is 6.87. The van der Waals surface area contributed by atoms with Gasteiger partial charge in [0, 0.05) is 5.69 Å². The maximum atomic E-state index is 12.7. The molecule has 176 valence electrons. The normalized spacial score (nSPS) is 12.6. The Hall–Kier alpha value is -4.22. The summed E-state index contributed by atoms with van der Waals surface area (Å²) in [7, 11) is 0. The predicted molar refractivity (Wildman–Crippen MR) is 114 cm³/mol. The molecule has 0 radical (unpaired) electrons. The van der Waals surface area contributed by atoms with E-state index in [-0.39, 0.29) is 11.4 Å². The molecule has 0 aliphatic carbocycles. The third kappa shape index (κ3) is 6.89. The number of halogens is 6. The molecule has 3 rings (SSSR count). The van der Waals surface area contributed by atoms with Crippen molar-refractivity contribution in [3.63, 3.8) is 0 Å². The maximum Gasteiger partial charge on any atom is 0.416 e. The number of para-hydroxylation sites is 1. The number of amides is 1. The number of carbonyl (C=O) groups is 1. The summed E-state index contributed by atoms with van der Waals surface area (Å²) >= 11 is 0. The molecule has 3 aromatic carbocycles. The fourth-order valence-corrected chi connectivity index (χ4v) is 2.50. The third-order valence-electron chi connectivity index (χ3n) is 4.19. The Kier molecular flexibility index (Phi) is 7.29. The van der Waals surface area contributed by atoms with Crippen LogP contribution >= 0.6 is 0 Å². The van der Waals surface area contributed by atoms with Crippen LogP contribution < -0.4 is 10.7 Å². The van der Waals surface area contributed by atoms with Crippen LogP contribution in [-0.2, 0) is 17.1 Å². The highest BCUT2D eigenvalue weighted by atomic mass is 19.4. The van der Waals surface area contributed by atoms with E-state index in [1.54, 1.807) is 30.3 Å². The molecule has 34 heavy (non-hydrogen) atoms. The zero-order chi connectivity index (χ0) is 24.8. The first-order valence-corrected chi connectivity index (χ1v) is 9.49. The third-order valence-corrected chi connectivity index (χ3v) is 4.19. The Morgan fingerprint density at radius 1 is 0.676 bits per heavy atom. The molecule has 0 heterocycles. The molecule has 6 nitrogen and oxygen atoms in total. The lowest BCUT2D eigenvalue weighted by molar-refractivity contribution is -0.138. The van der Waals surface area contributed by atoms with Gasteiger partial charge in [-0.15, -0.1) is 15.3 Å². The van der Waals surface area contributed by atoms with Crippen LogP contribution in [0.3, 0.4) is 0 Å². The number of anilines is 2. The van der Waals surface area contributed by atoms with E-state index in [1.165, 1.54) is 0 Å². The highest BCUT2D eigenvalue weighted by Gasteiger charge is 2.30. The average molecular weight is 479 g/mol. The van der Waals surface area contributed by atoms with Gasteiger partial charge in [0.25, 0.3) is 11.7 Å². The molecule has 12 heteroatoms. The molecule has 1 amide bonds. The first kappa shape index (κ1) is 24.4. The maximum absolute atomic E-state index is 12.7. The van der Waals surface area contributed by atoms with Gasteiger partial charge >= 0.3 is 12.4 Å². The summed E-state index contributed by atoms with van der Waals surface area (Å²) in [6.45, 7) is 0. The van der Waals surface area contributed by atoms with Gasteiger partial charge in [-0.3, -0.25) is 10.2 Å². The van der Waals surface area contributed by atoms with E-state index in [4.69, 9.17) is 0 Å². The van der Waals surface area contributed by atoms with Gasteiger partial charge in [-0.2, -0.15) is 26.3 Å². The SMILES string of the molecule is O=C(Nc1ccccc1)/C(N=Nc1ccc(C(F)(F)F)cc1)=N\Nc1ccc(C(F)(F)F)cc1. The van der Waals surface area contributed by atoms with E-state index in [0.717, 1.165) is 48.5 Å². The smallest absolute Gasteiger partial charge is 0.319 e. The average Bonchev–Trinajstić information content (AvgIpc) is 2.79. The largest absolute Gasteiger partial charge is 0.416 e. The van der Waals surface area contributed by atoms with Crippen molar-refractivity contribution >= 4 is 28.8 Å². The Bertz CT molecular complexity index is 1170. The van der Waals surface area contributed by atoms with Crippen LogP contribution in [0.15, 0.2) is 94.2 Å². The monoisotopic (exact) mass is 479 g/mol. The van der Waals surface area contributed by atoms with Gasteiger partial charge in [-0.25, -0.2) is 0 Å². The van der Waals surface area contributed by atoms with Crippen molar-refractivity contribution in [1.82, 2.24) is 0 Å². The summed E-state index contributed by atoms with van der Waals surface area (Å²) < 4.78 is 76.2. The van der Waals surface area contributed by atoms with Crippen LogP contribution in [0.4, 0.5) is 43.4 Å². The molecule has 2 N–H and O–H groups in total.